The van der Waals surface area contributed by atoms with Gasteiger partial charge in [0.15, 0.2) is 22.4 Å². The summed E-state index contributed by atoms with van der Waals surface area (Å²) in [5, 5.41) is 26.3. The number of carboxylic acid groups (broad SMARTS) is 1. The third-order valence-corrected chi connectivity index (χ3v) is 6.59. The Kier molecular flexibility index (Phi) is 9.18. The van der Waals surface area contributed by atoms with Crippen molar-refractivity contribution in [3.63, 3.8) is 0 Å². The SMILES string of the molecule is O=C(NCCC1CC1)c1ccc(N2CCN(C(=O)C3CCCO3)CC2)nn1.O=C(O)c1ccc(Cl)nn1. The summed E-state index contributed by atoms with van der Waals surface area (Å²) in [4.78, 5) is 38.6. The summed E-state index contributed by atoms with van der Waals surface area (Å²) in [6, 6.07) is 6.22. The maximum absolute atomic E-state index is 12.4. The van der Waals surface area contributed by atoms with Crippen molar-refractivity contribution in [2.75, 3.05) is 44.2 Å². The molecule has 0 aromatic carbocycles. The van der Waals surface area contributed by atoms with Crippen molar-refractivity contribution in [3.05, 3.63) is 40.8 Å². The molecule has 2 amide bonds. The second-order valence-electron chi connectivity index (χ2n) is 9.13. The molecule has 198 valence electrons. The zero-order chi connectivity index (χ0) is 26.2. The van der Waals surface area contributed by atoms with Crippen molar-refractivity contribution < 1.29 is 24.2 Å². The Balaban J connectivity index is 0.000000270. The number of halogens is 1. The number of ether oxygens (including phenoxy) is 1. The molecule has 0 spiro atoms. The number of aromatic nitrogens is 4. The molecule has 4 heterocycles. The Hall–Kier alpha value is -3.38. The van der Waals surface area contributed by atoms with E-state index in [1.807, 2.05) is 11.0 Å². The molecule has 3 aliphatic rings. The minimum Gasteiger partial charge on any atom is -0.476 e. The molecule has 2 saturated heterocycles. The first-order chi connectivity index (χ1) is 17.9. The number of piperazine rings is 1. The molecule has 5 rings (SSSR count). The van der Waals surface area contributed by atoms with E-state index >= 15 is 0 Å². The highest BCUT2D eigenvalue weighted by molar-refractivity contribution is 6.29. The van der Waals surface area contributed by atoms with Crippen LogP contribution in [0.2, 0.25) is 5.15 Å². The van der Waals surface area contributed by atoms with E-state index < -0.39 is 5.97 Å². The zero-order valence-corrected chi connectivity index (χ0v) is 21.1. The molecule has 1 saturated carbocycles. The van der Waals surface area contributed by atoms with E-state index in [1.165, 1.54) is 25.0 Å². The molecule has 0 bridgehead atoms. The van der Waals surface area contributed by atoms with E-state index in [-0.39, 0.29) is 28.8 Å². The summed E-state index contributed by atoms with van der Waals surface area (Å²) in [5.74, 6) is 0.376. The Labute approximate surface area is 219 Å². The van der Waals surface area contributed by atoms with Gasteiger partial charge >= 0.3 is 5.97 Å². The molecule has 13 heteroatoms. The number of carbonyl (C=O) groups is 3. The molecule has 0 radical (unpaired) electrons. The quantitative estimate of drug-likeness (QED) is 0.539. The van der Waals surface area contributed by atoms with Crippen LogP contribution in [0.3, 0.4) is 0 Å². The van der Waals surface area contributed by atoms with Gasteiger partial charge in [-0.3, -0.25) is 9.59 Å². The maximum atomic E-state index is 12.4. The highest BCUT2D eigenvalue weighted by atomic mass is 35.5. The summed E-state index contributed by atoms with van der Waals surface area (Å²) in [5.41, 5.74) is 0.242. The fourth-order valence-corrected chi connectivity index (χ4v) is 4.16. The topological polar surface area (TPSA) is 151 Å². The number of carbonyl (C=O) groups excluding carboxylic acids is 2. The third kappa shape index (κ3) is 7.80. The molecule has 12 nitrogen and oxygen atoms in total. The molecule has 2 aliphatic heterocycles. The molecule has 1 unspecified atom stereocenters. The van der Waals surface area contributed by atoms with Gasteiger partial charge in [-0.25, -0.2) is 4.79 Å². The Morgan fingerprint density at radius 1 is 0.973 bits per heavy atom. The lowest BCUT2D eigenvalue weighted by atomic mass is 10.2. The van der Waals surface area contributed by atoms with Crippen LogP contribution in [0.5, 0.6) is 0 Å². The summed E-state index contributed by atoms with van der Waals surface area (Å²) >= 11 is 5.35. The van der Waals surface area contributed by atoms with Gasteiger partial charge in [0.25, 0.3) is 11.8 Å². The number of amides is 2. The van der Waals surface area contributed by atoms with Gasteiger partial charge in [0.05, 0.1) is 0 Å². The highest BCUT2D eigenvalue weighted by Crippen LogP contribution is 2.31. The van der Waals surface area contributed by atoms with Crippen molar-refractivity contribution in [3.8, 4) is 0 Å². The Morgan fingerprint density at radius 2 is 1.70 bits per heavy atom. The van der Waals surface area contributed by atoms with Gasteiger partial charge < -0.3 is 25.0 Å². The van der Waals surface area contributed by atoms with Crippen molar-refractivity contribution in [2.24, 2.45) is 5.92 Å². The molecule has 2 aromatic heterocycles. The van der Waals surface area contributed by atoms with Crippen LogP contribution in [-0.2, 0) is 9.53 Å². The minimum absolute atomic E-state index is 0.107. The van der Waals surface area contributed by atoms with Crippen LogP contribution >= 0.6 is 11.6 Å². The highest BCUT2D eigenvalue weighted by Gasteiger charge is 2.30. The van der Waals surface area contributed by atoms with E-state index in [0.29, 0.717) is 45.0 Å². The normalized spacial score (nSPS) is 19.1. The van der Waals surface area contributed by atoms with E-state index in [0.717, 1.165) is 31.0 Å². The van der Waals surface area contributed by atoms with Crippen molar-refractivity contribution >= 4 is 35.2 Å². The van der Waals surface area contributed by atoms with E-state index in [2.05, 4.69) is 30.6 Å². The van der Waals surface area contributed by atoms with Crippen LogP contribution in [0.25, 0.3) is 0 Å². The van der Waals surface area contributed by atoms with Gasteiger partial charge in [-0.15, -0.1) is 20.4 Å². The van der Waals surface area contributed by atoms with Crippen LogP contribution in [-0.4, -0.2) is 93.6 Å². The fourth-order valence-electron chi connectivity index (χ4n) is 4.06. The average Bonchev–Trinajstić information content (AvgIpc) is 3.58. The van der Waals surface area contributed by atoms with Gasteiger partial charge in [-0.2, -0.15) is 0 Å². The van der Waals surface area contributed by atoms with E-state index in [9.17, 15) is 14.4 Å². The molecule has 2 N–H and O–H groups in total. The largest absolute Gasteiger partial charge is 0.476 e. The summed E-state index contributed by atoms with van der Waals surface area (Å²) in [7, 11) is 0. The van der Waals surface area contributed by atoms with Gasteiger partial charge in [0, 0.05) is 39.3 Å². The number of carboxylic acids is 1. The predicted molar refractivity (Wildman–Crippen MR) is 133 cm³/mol. The summed E-state index contributed by atoms with van der Waals surface area (Å²) < 4.78 is 5.49. The molecule has 3 fully saturated rings. The van der Waals surface area contributed by atoms with Crippen LogP contribution in [0.1, 0.15) is 53.1 Å². The summed E-state index contributed by atoms with van der Waals surface area (Å²) in [6.07, 6.45) is 5.16. The van der Waals surface area contributed by atoms with Gasteiger partial charge in [-0.05, 0) is 49.4 Å². The van der Waals surface area contributed by atoms with Gasteiger partial charge in [0.2, 0.25) is 0 Å². The molecule has 1 atom stereocenters. The Bertz CT molecular complexity index is 1070. The van der Waals surface area contributed by atoms with Crippen molar-refractivity contribution in [1.82, 2.24) is 30.6 Å². The second kappa shape index (κ2) is 12.7. The van der Waals surface area contributed by atoms with Crippen LogP contribution < -0.4 is 10.2 Å². The van der Waals surface area contributed by atoms with Gasteiger partial charge in [-0.1, -0.05) is 24.4 Å². The van der Waals surface area contributed by atoms with Crippen molar-refractivity contribution in [1.29, 1.82) is 0 Å². The first-order valence-electron chi connectivity index (χ1n) is 12.4. The third-order valence-electron chi connectivity index (χ3n) is 6.39. The van der Waals surface area contributed by atoms with E-state index in [1.54, 1.807) is 6.07 Å². The van der Waals surface area contributed by atoms with Crippen LogP contribution in [0.15, 0.2) is 24.3 Å². The fraction of sp³-hybridized carbons (Fsp3) is 0.542. The first-order valence-corrected chi connectivity index (χ1v) is 12.8. The number of hydrogen-bond donors (Lipinski definition) is 2. The molecule has 1 aliphatic carbocycles. The monoisotopic (exact) mass is 531 g/mol. The molecule has 37 heavy (non-hydrogen) atoms. The minimum atomic E-state index is -1.11. The number of rotatable bonds is 7. The number of nitrogens with one attached hydrogen (secondary N) is 1. The lowest BCUT2D eigenvalue weighted by molar-refractivity contribution is -0.141. The van der Waals surface area contributed by atoms with Crippen LogP contribution in [0.4, 0.5) is 5.82 Å². The van der Waals surface area contributed by atoms with Gasteiger partial charge in [0.1, 0.15) is 6.10 Å². The second-order valence-corrected chi connectivity index (χ2v) is 9.51. The smallest absolute Gasteiger partial charge is 0.356 e. The molecular formula is C24H30ClN7O5. The molecule has 2 aromatic rings. The zero-order valence-electron chi connectivity index (χ0n) is 20.4. The number of hydrogen-bond acceptors (Lipinski definition) is 9. The number of nitrogens with zero attached hydrogens (tertiary/aromatic N) is 6. The number of anilines is 1. The number of aromatic carboxylic acids is 1. The van der Waals surface area contributed by atoms with Crippen molar-refractivity contribution in [2.45, 2.75) is 38.2 Å². The summed E-state index contributed by atoms with van der Waals surface area (Å²) in [6.45, 7) is 4.12. The lowest BCUT2D eigenvalue weighted by Crippen LogP contribution is -2.51. The lowest BCUT2D eigenvalue weighted by Gasteiger charge is -2.36. The predicted octanol–water partition coefficient (Wildman–Crippen LogP) is 1.66. The van der Waals surface area contributed by atoms with E-state index in [4.69, 9.17) is 21.4 Å². The Morgan fingerprint density at radius 3 is 2.27 bits per heavy atom. The molecular weight excluding hydrogens is 502 g/mol. The standard InChI is InChI=1S/C19H27N5O3.C5H3ClN2O2/c25-18(20-8-7-14-3-4-14)15-5-6-17(22-21-15)23-9-11-24(12-10-23)19(26)16-2-1-13-27-16;6-4-2-1-3(5(9)10)7-8-4/h5-6,14,16H,1-4,7-13H2,(H,20,25);1-2H,(H,9,10). The van der Waals surface area contributed by atoms with Crippen LogP contribution in [0, 0.1) is 5.92 Å². The first kappa shape index (κ1) is 26.7. The average molecular weight is 532 g/mol. The maximum Gasteiger partial charge on any atom is 0.356 e.